The van der Waals surface area contributed by atoms with E-state index in [0.29, 0.717) is 11.1 Å². The van der Waals surface area contributed by atoms with Crippen LogP contribution in [0.4, 0.5) is 0 Å². The Hall–Kier alpha value is -2.80. The van der Waals surface area contributed by atoms with Gasteiger partial charge in [-0.3, -0.25) is 0 Å². The fraction of sp³-hybridized carbons (Fsp3) is 0.263. The van der Waals surface area contributed by atoms with Crippen molar-refractivity contribution in [2.75, 3.05) is 21.3 Å². The maximum atomic E-state index is 12.8. The molecular formula is C19H22N2O8S2. The van der Waals surface area contributed by atoms with Crippen LogP contribution in [0.3, 0.4) is 0 Å². The largest absolute Gasteiger partial charge is 0.465 e. The van der Waals surface area contributed by atoms with Crippen LogP contribution in [0.15, 0.2) is 47.4 Å². The van der Waals surface area contributed by atoms with Crippen molar-refractivity contribution in [3.05, 3.63) is 64.7 Å². The maximum absolute atomic E-state index is 12.8. The van der Waals surface area contributed by atoms with Gasteiger partial charge in [-0.2, -0.15) is 0 Å². The van der Waals surface area contributed by atoms with Crippen LogP contribution in [0.25, 0.3) is 0 Å². The Kier molecular flexibility index (Phi) is 7.90. The van der Waals surface area contributed by atoms with Crippen LogP contribution >= 0.6 is 0 Å². The second kappa shape index (κ2) is 10.0. The minimum absolute atomic E-state index is 0.134. The summed E-state index contributed by atoms with van der Waals surface area (Å²) in [5.74, 6) is -1.89. The number of esters is 2. The fourth-order valence-electron chi connectivity index (χ4n) is 2.61. The number of benzene rings is 2. The predicted molar refractivity (Wildman–Crippen MR) is 111 cm³/mol. The molecule has 0 radical (unpaired) electrons. The molecule has 0 amide bonds. The van der Waals surface area contributed by atoms with Crippen molar-refractivity contribution in [3.63, 3.8) is 0 Å². The molecular weight excluding hydrogens is 448 g/mol. The van der Waals surface area contributed by atoms with E-state index in [2.05, 4.69) is 18.9 Å². The summed E-state index contributed by atoms with van der Waals surface area (Å²) >= 11 is 0. The molecule has 0 heterocycles. The highest BCUT2D eigenvalue weighted by molar-refractivity contribution is 7.89. The summed E-state index contributed by atoms with van der Waals surface area (Å²) in [6.45, 7) is -0.147. The Morgan fingerprint density at radius 2 is 1.42 bits per heavy atom. The van der Waals surface area contributed by atoms with Gasteiger partial charge in [-0.25, -0.2) is 35.9 Å². The number of carbonyl (C=O) groups excluding carboxylic acids is 2. The van der Waals surface area contributed by atoms with Gasteiger partial charge < -0.3 is 9.47 Å². The van der Waals surface area contributed by atoms with E-state index in [1.807, 2.05) is 0 Å². The molecule has 2 aromatic rings. The quantitative estimate of drug-likeness (QED) is 0.512. The minimum Gasteiger partial charge on any atom is -0.465 e. The van der Waals surface area contributed by atoms with Crippen molar-refractivity contribution in [2.24, 2.45) is 0 Å². The standard InChI is InChI=1S/C19H22N2O8S2/c1-20-30(24,25)12-14-6-4-5-13(7-14)11-21-31(26,27)17-9-15(18(22)28-2)8-16(10-17)19(23)29-3/h4-10,20-21H,11-12H2,1-3H3. The highest BCUT2D eigenvalue weighted by Gasteiger charge is 2.21. The highest BCUT2D eigenvalue weighted by atomic mass is 32.2. The second-order valence-corrected chi connectivity index (χ2v) is 10.0. The maximum Gasteiger partial charge on any atom is 0.337 e. The first-order valence-electron chi connectivity index (χ1n) is 8.81. The number of carbonyl (C=O) groups is 2. The van der Waals surface area contributed by atoms with Crippen molar-refractivity contribution in [1.82, 2.24) is 9.44 Å². The Labute approximate surface area is 180 Å². The Morgan fingerprint density at radius 1 is 0.871 bits per heavy atom. The van der Waals surface area contributed by atoms with Crippen LogP contribution in [0.1, 0.15) is 31.8 Å². The molecule has 2 rings (SSSR count). The van der Waals surface area contributed by atoms with Crippen molar-refractivity contribution >= 4 is 32.0 Å². The molecule has 0 atom stereocenters. The Balaban J connectivity index is 2.30. The van der Waals surface area contributed by atoms with Crippen LogP contribution in [-0.2, 0) is 41.8 Å². The summed E-state index contributed by atoms with van der Waals surface area (Å²) in [5.41, 5.74) is 0.728. The van der Waals surface area contributed by atoms with Crippen LogP contribution in [0.5, 0.6) is 0 Å². The van der Waals surface area contributed by atoms with Gasteiger partial charge in [0.1, 0.15) is 0 Å². The minimum atomic E-state index is -4.14. The SMILES string of the molecule is CNS(=O)(=O)Cc1cccc(CNS(=O)(=O)c2cc(C(=O)OC)cc(C(=O)OC)c2)c1. The molecule has 0 saturated heterocycles. The number of hydrogen-bond donors (Lipinski definition) is 2. The van der Waals surface area contributed by atoms with E-state index < -0.39 is 32.0 Å². The van der Waals surface area contributed by atoms with Crippen molar-refractivity contribution in [3.8, 4) is 0 Å². The van der Waals surface area contributed by atoms with Crippen LogP contribution in [0.2, 0.25) is 0 Å². The van der Waals surface area contributed by atoms with Gasteiger partial charge >= 0.3 is 11.9 Å². The van der Waals surface area contributed by atoms with Crippen LogP contribution < -0.4 is 9.44 Å². The lowest BCUT2D eigenvalue weighted by Crippen LogP contribution is -2.24. The number of nitrogens with one attached hydrogen (secondary N) is 2. The third kappa shape index (κ3) is 6.59. The van der Waals surface area contributed by atoms with Gasteiger partial charge in [0.2, 0.25) is 20.0 Å². The van der Waals surface area contributed by atoms with Gasteiger partial charge in [0, 0.05) is 6.54 Å². The smallest absolute Gasteiger partial charge is 0.337 e. The lowest BCUT2D eigenvalue weighted by atomic mass is 10.1. The molecule has 0 bridgehead atoms. The van der Waals surface area contributed by atoms with Gasteiger partial charge in [0.25, 0.3) is 0 Å². The molecule has 0 unspecified atom stereocenters. The van der Waals surface area contributed by atoms with Crippen LogP contribution in [-0.4, -0.2) is 50.0 Å². The van der Waals surface area contributed by atoms with Gasteiger partial charge in [-0.05, 0) is 36.4 Å². The van der Waals surface area contributed by atoms with E-state index in [4.69, 9.17) is 0 Å². The van der Waals surface area contributed by atoms with Gasteiger partial charge in [-0.15, -0.1) is 0 Å². The van der Waals surface area contributed by atoms with Gasteiger partial charge in [-0.1, -0.05) is 24.3 Å². The number of rotatable bonds is 9. The van der Waals surface area contributed by atoms with Gasteiger partial charge in [0.15, 0.2) is 0 Å². The van der Waals surface area contributed by atoms with E-state index in [0.717, 1.165) is 26.4 Å². The summed E-state index contributed by atoms with van der Waals surface area (Å²) in [6, 6.07) is 9.73. The first kappa shape index (κ1) is 24.5. The first-order valence-corrected chi connectivity index (χ1v) is 12.0. The zero-order valence-corrected chi connectivity index (χ0v) is 18.7. The van der Waals surface area contributed by atoms with E-state index in [1.165, 1.54) is 13.1 Å². The van der Waals surface area contributed by atoms with E-state index in [1.54, 1.807) is 24.3 Å². The Bertz CT molecular complexity index is 1160. The first-order chi connectivity index (χ1) is 14.5. The number of methoxy groups -OCH3 is 2. The highest BCUT2D eigenvalue weighted by Crippen LogP contribution is 2.18. The second-order valence-electron chi connectivity index (χ2n) is 6.34. The molecule has 0 aromatic heterocycles. The van der Waals surface area contributed by atoms with E-state index in [9.17, 15) is 26.4 Å². The summed E-state index contributed by atoms with van der Waals surface area (Å²) in [6.07, 6.45) is 0. The molecule has 2 N–H and O–H groups in total. The summed E-state index contributed by atoms with van der Waals surface area (Å²) in [4.78, 5) is 23.4. The third-order valence-electron chi connectivity index (χ3n) is 4.18. The lowest BCUT2D eigenvalue weighted by molar-refractivity contribution is 0.0598. The molecule has 0 saturated carbocycles. The lowest BCUT2D eigenvalue weighted by Gasteiger charge is -2.11. The molecule has 0 aliphatic heterocycles. The molecule has 168 valence electrons. The average Bonchev–Trinajstić information content (AvgIpc) is 2.76. The average molecular weight is 471 g/mol. The summed E-state index contributed by atoms with van der Waals surface area (Å²) in [7, 11) is -4.06. The zero-order chi connectivity index (χ0) is 23.2. The van der Waals surface area contributed by atoms with Crippen molar-refractivity contribution < 1.29 is 35.9 Å². The number of sulfonamides is 2. The number of ether oxygens (including phenoxy) is 2. The molecule has 12 heteroatoms. The third-order valence-corrected chi connectivity index (χ3v) is 6.90. The number of hydrogen-bond acceptors (Lipinski definition) is 8. The van der Waals surface area contributed by atoms with Crippen molar-refractivity contribution in [1.29, 1.82) is 0 Å². The Morgan fingerprint density at radius 3 is 1.94 bits per heavy atom. The molecule has 10 nitrogen and oxygen atoms in total. The molecule has 0 aliphatic carbocycles. The molecule has 31 heavy (non-hydrogen) atoms. The predicted octanol–water partition coefficient (Wildman–Crippen LogP) is 0.787. The topological polar surface area (TPSA) is 145 Å². The van der Waals surface area contributed by atoms with Crippen LogP contribution in [0, 0.1) is 0 Å². The summed E-state index contributed by atoms with van der Waals surface area (Å²) < 4.78 is 62.7. The van der Waals surface area contributed by atoms with E-state index >= 15 is 0 Å². The van der Waals surface area contributed by atoms with Gasteiger partial charge in [0.05, 0.1) is 36.0 Å². The van der Waals surface area contributed by atoms with Crippen molar-refractivity contribution in [2.45, 2.75) is 17.2 Å². The zero-order valence-electron chi connectivity index (χ0n) is 17.0. The molecule has 0 fully saturated rings. The fourth-order valence-corrected chi connectivity index (χ4v) is 4.46. The monoisotopic (exact) mass is 470 g/mol. The molecule has 0 aliphatic rings. The normalized spacial score (nSPS) is 11.7. The molecule has 2 aromatic carbocycles. The molecule has 0 spiro atoms. The van der Waals surface area contributed by atoms with E-state index in [-0.39, 0.29) is 28.3 Å². The summed E-state index contributed by atoms with van der Waals surface area (Å²) in [5, 5.41) is 0.